The van der Waals surface area contributed by atoms with E-state index in [1.54, 1.807) is 0 Å². The Balaban J connectivity index is 2.07. The van der Waals surface area contributed by atoms with Crippen LogP contribution in [-0.2, 0) is 4.79 Å². The second kappa shape index (κ2) is 3.41. The molecule has 1 spiro atoms. The third-order valence-electron chi connectivity index (χ3n) is 7.63. The fourth-order valence-electron chi connectivity index (χ4n) is 6.33. The summed E-state index contributed by atoms with van der Waals surface area (Å²) in [7, 11) is 0. The Hall–Kier alpha value is -0.330. The molecule has 3 aliphatic rings. The molecule has 0 heterocycles. The maximum atomic E-state index is 12.2. The monoisotopic (exact) mass is 248 g/mol. The number of Topliss-reactive ketones (excluding diaryl/α,β-unsaturated/α-hetero) is 1. The zero-order chi connectivity index (χ0) is 13.3. The van der Waals surface area contributed by atoms with Gasteiger partial charge in [0.15, 0.2) is 0 Å². The van der Waals surface area contributed by atoms with E-state index >= 15 is 0 Å². The molecular formula is C17H28O. The molecule has 3 aliphatic carbocycles. The molecule has 0 saturated heterocycles. The lowest BCUT2D eigenvalue weighted by atomic mass is 9.57. The van der Waals surface area contributed by atoms with Crippen LogP contribution >= 0.6 is 0 Å². The van der Waals surface area contributed by atoms with Crippen molar-refractivity contribution in [2.75, 3.05) is 0 Å². The smallest absolute Gasteiger partial charge is 0.135 e. The summed E-state index contributed by atoms with van der Waals surface area (Å²) in [5.74, 6) is 2.79. The quantitative estimate of drug-likeness (QED) is 0.670. The molecule has 2 bridgehead atoms. The molecule has 0 amide bonds. The minimum Gasteiger partial charge on any atom is -0.299 e. The van der Waals surface area contributed by atoms with E-state index in [1.807, 2.05) is 6.92 Å². The highest BCUT2D eigenvalue weighted by molar-refractivity contribution is 5.82. The van der Waals surface area contributed by atoms with E-state index < -0.39 is 0 Å². The van der Waals surface area contributed by atoms with E-state index in [1.165, 1.54) is 25.7 Å². The second-order valence-corrected chi connectivity index (χ2v) is 8.32. The molecule has 0 N–H and O–H groups in total. The number of carbonyl (C=O) groups excluding carboxylic acids is 1. The Bertz CT molecular complexity index is 396. The maximum absolute atomic E-state index is 12.2. The second-order valence-electron chi connectivity index (χ2n) is 8.32. The van der Waals surface area contributed by atoms with E-state index in [-0.39, 0.29) is 5.41 Å². The van der Waals surface area contributed by atoms with Gasteiger partial charge in [0.05, 0.1) is 0 Å². The van der Waals surface area contributed by atoms with Gasteiger partial charge in [0.2, 0.25) is 0 Å². The first kappa shape index (κ1) is 12.7. The molecule has 0 aromatic heterocycles. The Kier molecular flexibility index (Phi) is 2.40. The SMILES string of the molecule is CC(=O)C1(C)CCC23CC1C(C)(C)C2CCC3C. The Morgan fingerprint density at radius 1 is 1.06 bits per heavy atom. The topological polar surface area (TPSA) is 17.1 Å². The average Bonchev–Trinajstić information content (AvgIpc) is 2.69. The minimum atomic E-state index is -0.0428. The summed E-state index contributed by atoms with van der Waals surface area (Å²) in [6.07, 6.45) is 6.57. The van der Waals surface area contributed by atoms with Gasteiger partial charge in [-0.25, -0.2) is 0 Å². The van der Waals surface area contributed by atoms with Gasteiger partial charge >= 0.3 is 0 Å². The number of ketones is 1. The van der Waals surface area contributed by atoms with Gasteiger partial charge in [0.1, 0.15) is 5.78 Å². The largest absolute Gasteiger partial charge is 0.299 e. The minimum absolute atomic E-state index is 0.0428. The molecule has 5 unspecified atom stereocenters. The molecule has 0 aromatic carbocycles. The highest BCUT2D eigenvalue weighted by Crippen LogP contribution is 2.74. The van der Waals surface area contributed by atoms with Crippen molar-refractivity contribution in [3.05, 3.63) is 0 Å². The molecule has 3 fully saturated rings. The molecule has 3 rings (SSSR count). The predicted octanol–water partition coefficient (Wildman–Crippen LogP) is 4.45. The normalized spacial score (nSPS) is 53.3. The van der Waals surface area contributed by atoms with Crippen LogP contribution in [0.3, 0.4) is 0 Å². The lowest BCUT2D eigenvalue weighted by Gasteiger charge is -2.46. The van der Waals surface area contributed by atoms with Gasteiger partial charge in [-0.15, -0.1) is 0 Å². The summed E-state index contributed by atoms with van der Waals surface area (Å²) in [5.41, 5.74) is 0.906. The average molecular weight is 248 g/mol. The lowest BCUT2D eigenvalue weighted by molar-refractivity contribution is -0.133. The highest BCUT2D eigenvalue weighted by atomic mass is 16.1. The predicted molar refractivity (Wildman–Crippen MR) is 74.2 cm³/mol. The van der Waals surface area contributed by atoms with Gasteiger partial charge in [-0.2, -0.15) is 0 Å². The summed E-state index contributed by atoms with van der Waals surface area (Å²) in [5, 5.41) is 0. The first-order valence-electron chi connectivity index (χ1n) is 7.76. The number of hydrogen-bond donors (Lipinski definition) is 0. The van der Waals surface area contributed by atoms with Crippen LogP contribution < -0.4 is 0 Å². The van der Waals surface area contributed by atoms with Crippen LogP contribution in [0.15, 0.2) is 0 Å². The Morgan fingerprint density at radius 3 is 2.33 bits per heavy atom. The lowest BCUT2D eigenvalue weighted by Crippen LogP contribution is -2.43. The summed E-state index contributed by atoms with van der Waals surface area (Å²) < 4.78 is 0. The fourth-order valence-corrected chi connectivity index (χ4v) is 6.33. The van der Waals surface area contributed by atoms with Crippen molar-refractivity contribution in [3.63, 3.8) is 0 Å². The van der Waals surface area contributed by atoms with Crippen molar-refractivity contribution in [3.8, 4) is 0 Å². The maximum Gasteiger partial charge on any atom is 0.135 e. The van der Waals surface area contributed by atoms with E-state index in [2.05, 4.69) is 27.7 Å². The summed E-state index contributed by atoms with van der Waals surface area (Å²) in [4.78, 5) is 12.2. The number of hydrogen-bond acceptors (Lipinski definition) is 1. The van der Waals surface area contributed by atoms with Gasteiger partial charge in [0, 0.05) is 5.41 Å². The van der Waals surface area contributed by atoms with Crippen molar-refractivity contribution in [1.29, 1.82) is 0 Å². The number of fused-ring (bicyclic) bond motifs is 1. The standard InChI is InChI=1S/C17H28O/c1-11-6-7-13-15(3,4)14-10-17(11,13)9-8-16(14,5)12(2)18/h11,13-14H,6-10H2,1-5H3. The van der Waals surface area contributed by atoms with Crippen LogP contribution in [-0.4, -0.2) is 5.78 Å². The summed E-state index contributed by atoms with van der Waals surface area (Å²) >= 11 is 0. The van der Waals surface area contributed by atoms with Crippen LogP contribution in [0.25, 0.3) is 0 Å². The van der Waals surface area contributed by atoms with E-state index in [0.717, 1.165) is 18.3 Å². The van der Waals surface area contributed by atoms with Gasteiger partial charge in [-0.3, -0.25) is 4.79 Å². The first-order chi connectivity index (χ1) is 8.25. The third-order valence-corrected chi connectivity index (χ3v) is 7.63. The van der Waals surface area contributed by atoms with Crippen molar-refractivity contribution >= 4 is 5.78 Å². The van der Waals surface area contributed by atoms with Crippen LogP contribution in [0.5, 0.6) is 0 Å². The van der Waals surface area contributed by atoms with Gasteiger partial charge in [-0.1, -0.05) is 27.7 Å². The molecule has 5 atom stereocenters. The summed E-state index contributed by atoms with van der Waals surface area (Å²) in [6, 6.07) is 0. The van der Waals surface area contributed by atoms with E-state index in [0.29, 0.717) is 22.5 Å². The molecule has 0 aromatic rings. The van der Waals surface area contributed by atoms with Gasteiger partial charge in [0.25, 0.3) is 0 Å². The molecule has 0 aliphatic heterocycles. The van der Waals surface area contributed by atoms with Crippen LogP contribution in [0, 0.1) is 34.0 Å². The fraction of sp³-hybridized carbons (Fsp3) is 0.941. The van der Waals surface area contributed by atoms with Crippen molar-refractivity contribution < 1.29 is 4.79 Å². The Labute approximate surface area is 112 Å². The number of carbonyl (C=O) groups is 1. The first-order valence-corrected chi connectivity index (χ1v) is 7.76. The van der Waals surface area contributed by atoms with Gasteiger partial charge < -0.3 is 0 Å². The van der Waals surface area contributed by atoms with Crippen molar-refractivity contribution in [1.82, 2.24) is 0 Å². The van der Waals surface area contributed by atoms with E-state index in [4.69, 9.17) is 0 Å². The molecule has 1 nitrogen and oxygen atoms in total. The summed E-state index contributed by atoms with van der Waals surface area (Å²) in [6.45, 7) is 11.4. The van der Waals surface area contributed by atoms with E-state index in [9.17, 15) is 4.79 Å². The molecule has 102 valence electrons. The molecule has 1 heteroatoms. The zero-order valence-electron chi connectivity index (χ0n) is 12.7. The molecular weight excluding hydrogens is 220 g/mol. The molecule has 3 saturated carbocycles. The van der Waals surface area contributed by atoms with Crippen LogP contribution in [0.4, 0.5) is 0 Å². The van der Waals surface area contributed by atoms with Crippen LogP contribution in [0.2, 0.25) is 0 Å². The highest BCUT2D eigenvalue weighted by Gasteiger charge is 2.68. The zero-order valence-corrected chi connectivity index (χ0v) is 12.7. The number of rotatable bonds is 1. The van der Waals surface area contributed by atoms with Crippen molar-refractivity contribution in [2.45, 2.75) is 66.7 Å². The third kappa shape index (κ3) is 1.22. The Morgan fingerprint density at radius 2 is 1.72 bits per heavy atom. The molecule has 18 heavy (non-hydrogen) atoms. The van der Waals surface area contributed by atoms with Crippen LogP contribution in [0.1, 0.15) is 66.7 Å². The van der Waals surface area contributed by atoms with Gasteiger partial charge in [-0.05, 0) is 67.6 Å². The molecule has 0 radical (unpaired) electrons. The van der Waals surface area contributed by atoms with Crippen molar-refractivity contribution in [2.24, 2.45) is 34.0 Å².